The molecular weight excluding hydrogens is 232 g/mol. The monoisotopic (exact) mass is 250 g/mol. The third-order valence-corrected chi connectivity index (χ3v) is 2.72. The molecule has 0 aliphatic heterocycles. The van der Waals surface area contributed by atoms with Gasteiger partial charge in [-0.25, -0.2) is 14.3 Å². The Bertz CT molecular complexity index is 503. The number of hydrogen-bond donors (Lipinski definition) is 1. The molecular formula is C11H18N6O. The molecule has 1 unspecified atom stereocenters. The van der Waals surface area contributed by atoms with Crippen LogP contribution in [0.4, 0.5) is 0 Å². The molecule has 2 aromatic rings. The number of hydrogen-bond acceptors (Lipinski definition) is 5. The Morgan fingerprint density at radius 2 is 2.17 bits per heavy atom. The summed E-state index contributed by atoms with van der Waals surface area (Å²) in [7, 11) is 0. The summed E-state index contributed by atoms with van der Waals surface area (Å²) in [5.74, 6) is 0.826. The predicted octanol–water partition coefficient (Wildman–Crippen LogP) is 0.942. The Hall–Kier alpha value is -1.76. The van der Waals surface area contributed by atoms with Gasteiger partial charge in [0.15, 0.2) is 0 Å². The van der Waals surface area contributed by atoms with E-state index in [0.717, 1.165) is 5.82 Å². The van der Waals surface area contributed by atoms with E-state index in [-0.39, 0.29) is 6.04 Å². The van der Waals surface area contributed by atoms with Crippen LogP contribution in [0.2, 0.25) is 0 Å². The zero-order chi connectivity index (χ0) is 13.1. The van der Waals surface area contributed by atoms with Gasteiger partial charge in [0.1, 0.15) is 24.4 Å². The maximum absolute atomic E-state index is 9.66. The molecule has 18 heavy (non-hydrogen) atoms. The first-order valence-electron chi connectivity index (χ1n) is 6.08. The van der Waals surface area contributed by atoms with Gasteiger partial charge in [0.25, 0.3) is 0 Å². The second kappa shape index (κ2) is 5.26. The maximum atomic E-state index is 9.66. The lowest BCUT2D eigenvalue weighted by Crippen LogP contribution is -2.12. The van der Waals surface area contributed by atoms with Crippen LogP contribution in [0.15, 0.2) is 12.5 Å². The van der Waals surface area contributed by atoms with Crippen LogP contribution in [0.1, 0.15) is 50.9 Å². The summed E-state index contributed by atoms with van der Waals surface area (Å²) >= 11 is 0. The van der Waals surface area contributed by atoms with Gasteiger partial charge in [-0.05, 0) is 20.3 Å². The quantitative estimate of drug-likeness (QED) is 0.854. The Labute approximate surface area is 105 Å². The van der Waals surface area contributed by atoms with Gasteiger partial charge in [-0.1, -0.05) is 12.1 Å². The average molecular weight is 250 g/mol. The van der Waals surface area contributed by atoms with E-state index in [9.17, 15) is 5.11 Å². The Morgan fingerprint density at radius 3 is 2.83 bits per heavy atom. The lowest BCUT2D eigenvalue weighted by Gasteiger charge is -2.08. The highest BCUT2D eigenvalue weighted by atomic mass is 16.3. The van der Waals surface area contributed by atoms with Gasteiger partial charge in [-0.15, -0.1) is 5.10 Å². The molecule has 0 bridgehead atoms. The van der Waals surface area contributed by atoms with E-state index in [1.54, 1.807) is 10.9 Å². The smallest absolute Gasteiger partial charge is 0.148 e. The Kier molecular flexibility index (Phi) is 3.71. The van der Waals surface area contributed by atoms with Gasteiger partial charge in [0.2, 0.25) is 0 Å². The highest BCUT2D eigenvalue weighted by Gasteiger charge is 2.12. The van der Waals surface area contributed by atoms with Crippen molar-refractivity contribution in [1.82, 2.24) is 29.8 Å². The minimum atomic E-state index is -0.554. The molecule has 0 saturated carbocycles. The fourth-order valence-electron chi connectivity index (χ4n) is 1.72. The molecule has 1 N–H and O–H groups in total. The van der Waals surface area contributed by atoms with Crippen molar-refractivity contribution in [3.63, 3.8) is 0 Å². The highest BCUT2D eigenvalue weighted by Crippen LogP contribution is 2.13. The zero-order valence-corrected chi connectivity index (χ0v) is 10.9. The third-order valence-electron chi connectivity index (χ3n) is 2.72. The standard InChI is InChI=1S/C11H18N6O/c1-4-10(18)9-5-16(15-14-9)6-11-12-7-13-17(11)8(2)3/h5,7-8,10,18H,4,6H2,1-3H3. The SMILES string of the molecule is CCC(O)c1cn(Cc2ncnn2C(C)C)nn1. The van der Waals surface area contributed by atoms with Crippen LogP contribution in [0.25, 0.3) is 0 Å². The summed E-state index contributed by atoms with van der Waals surface area (Å²) in [4.78, 5) is 4.21. The molecule has 7 heteroatoms. The van der Waals surface area contributed by atoms with Crippen molar-refractivity contribution >= 4 is 0 Å². The van der Waals surface area contributed by atoms with E-state index in [2.05, 4.69) is 20.4 Å². The molecule has 7 nitrogen and oxygen atoms in total. The van der Waals surface area contributed by atoms with Gasteiger partial charge >= 0.3 is 0 Å². The van der Waals surface area contributed by atoms with Crippen LogP contribution < -0.4 is 0 Å². The van der Waals surface area contributed by atoms with E-state index in [4.69, 9.17) is 0 Å². The van der Waals surface area contributed by atoms with Crippen molar-refractivity contribution in [2.75, 3.05) is 0 Å². The highest BCUT2D eigenvalue weighted by molar-refractivity contribution is 4.98. The van der Waals surface area contributed by atoms with Crippen LogP contribution in [-0.2, 0) is 6.54 Å². The van der Waals surface area contributed by atoms with Gasteiger partial charge < -0.3 is 5.11 Å². The van der Waals surface area contributed by atoms with Crippen molar-refractivity contribution in [1.29, 1.82) is 0 Å². The first-order chi connectivity index (χ1) is 8.61. The lowest BCUT2D eigenvalue weighted by atomic mass is 10.2. The largest absolute Gasteiger partial charge is 0.387 e. The lowest BCUT2D eigenvalue weighted by molar-refractivity contribution is 0.168. The molecule has 0 spiro atoms. The van der Waals surface area contributed by atoms with Gasteiger partial charge in [0.05, 0.1) is 12.3 Å². The summed E-state index contributed by atoms with van der Waals surface area (Å²) < 4.78 is 3.51. The molecule has 2 heterocycles. The minimum Gasteiger partial charge on any atom is -0.387 e. The second-order valence-electron chi connectivity index (χ2n) is 4.48. The predicted molar refractivity (Wildman–Crippen MR) is 64.8 cm³/mol. The Morgan fingerprint density at radius 1 is 1.39 bits per heavy atom. The molecule has 0 fully saturated rings. The van der Waals surface area contributed by atoms with E-state index in [1.807, 2.05) is 25.5 Å². The van der Waals surface area contributed by atoms with Gasteiger partial charge in [0, 0.05) is 6.04 Å². The molecule has 0 saturated heterocycles. The van der Waals surface area contributed by atoms with Crippen LogP contribution in [0, 0.1) is 0 Å². The first-order valence-corrected chi connectivity index (χ1v) is 6.08. The fourth-order valence-corrected chi connectivity index (χ4v) is 1.72. The average Bonchev–Trinajstić information content (AvgIpc) is 2.97. The summed E-state index contributed by atoms with van der Waals surface area (Å²) in [6, 6.07) is 0.256. The third kappa shape index (κ3) is 2.56. The topological polar surface area (TPSA) is 81.6 Å². The summed E-state index contributed by atoms with van der Waals surface area (Å²) in [6.07, 6.45) is 3.35. The molecule has 0 amide bonds. The van der Waals surface area contributed by atoms with E-state index in [1.165, 1.54) is 6.33 Å². The maximum Gasteiger partial charge on any atom is 0.148 e. The van der Waals surface area contributed by atoms with Crippen molar-refractivity contribution in [2.45, 2.75) is 45.9 Å². The molecule has 0 aliphatic rings. The molecule has 0 aliphatic carbocycles. The summed E-state index contributed by atoms with van der Waals surface area (Å²) in [6.45, 7) is 6.50. The normalized spacial score (nSPS) is 13.2. The van der Waals surface area contributed by atoms with Crippen LogP contribution in [0.5, 0.6) is 0 Å². The van der Waals surface area contributed by atoms with E-state index >= 15 is 0 Å². The van der Waals surface area contributed by atoms with Crippen molar-refractivity contribution in [3.05, 3.63) is 24.0 Å². The first kappa shape index (κ1) is 12.7. The van der Waals surface area contributed by atoms with Crippen molar-refractivity contribution < 1.29 is 5.11 Å². The van der Waals surface area contributed by atoms with Gasteiger partial charge in [-0.2, -0.15) is 5.10 Å². The Balaban J connectivity index is 2.14. The van der Waals surface area contributed by atoms with E-state index in [0.29, 0.717) is 18.7 Å². The molecule has 1 atom stereocenters. The number of aliphatic hydroxyl groups is 1. The molecule has 0 radical (unpaired) electrons. The second-order valence-corrected chi connectivity index (χ2v) is 4.48. The van der Waals surface area contributed by atoms with Crippen LogP contribution >= 0.6 is 0 Å². The zero-order valence-electron chi connectivity index (χ0n) is 10.9. The van der Waals surface area contributed by atoms with E-state index < -0.39 is 6.10 Å². The van der Waals surface area contributed by atoms with Gasteiger partial charge in [-0.3, -0.25) is 0 Å². The van der Waals surface area contributed by atoms with Crippen molar-refractivity contribution in [2.24, 2.45) is 0 Å². The van der Waals surface area contributed by atoms with Crippen molar-refractivity contribution in [3.8, 4) is 0 Å². The van der Waals surface area contributed by atoms with Crippen LogP contribution in [-0.4, -0.2) is 34.9 Å². The number of aliphatic hydroxyl groups excluding tert-OH is 1. The molecule has 2 aromatic heterocycles. The summed E-state index contributed by atoms with van der Waals surface area (Å²) in [5.41, 5.74) is 0.591. The minimum absolute atomic E-state index is 0.256. The number of rotatable bonds is 5. The molecule has 2 rings (SSSR count). The fraction of sp³-hybridized carbons (Fsp3) is 0.636. The molecule has 0 aromatic carbocycles. The summed E-state index contributed by atoms with van der Waals surface area (Å²) in [5, 5.41) is 21.8. The molecule has 98 valence electrons. The number of nitrogens with zero attached hydrogens (tertiary/aromatic N) is 6. The number of aromatic nitrogens is 6. The van der Waals surface area contributed by atoms with Crippen LogP contribution in [0.3, 0.4) is 0 Å².